The van der Waals surface area contributed by atoms with Crippen LogP contribution in [0.3, 0.4) is 0 Å². The lowest BCUT2D eigenvalue weighted by atomic mass is 9.95. The van der Waals surface area contributed by atoms with Crippen molar-refractivity contribution in [3.63, 3.8) is 0 Å². The number of nitrogens with one attached hydrogen (secondary N) is 1. The molecule has 28 heavy (non-hydrogen) atoms. The van der Waals surface area contributed by atoms with Crippen LogP contribution in [0.2, 0.25) is 5.02 Å². The molecule has 1 aliphatic carbocycles. The van der Waals surface area contributed by atoms with Crippen molar-refractivity contribution in [2.45, 2.75) is 38.2 Å². The SMILES string of the molecule is NC(=O)c1c(NC(=O)[C@H]2CC(c3c(F)cccc3Cl)=NO2)sc2c1CCCC2. The maximum Gasteiger partial charge on any atom is 0.269 e. The zero-order chi connectivity index (χ0) is 19.8. The fraction of sp³-hybridized carbons (Fsp3) is 0.316. The van der Waals surface area contributed by atoms with Crippen LogP contribution in [0.5, 0.6) is 0 Å². The molecule has 6 nitrogen and oxygen atoms in total. The van der Waals surface area contributed by atoms with Gasteiger partial charge in [-0.15, -0.1) is 11.3 Å². The number of hydrogen-bond donors (Lipinski definition) is 2. The monoisotopic (exact) mass is 421 g/mol. The topological polar surface area (TPSA) is 93.8 Å². The Bertz CT molecular complexity index is 984. The number of fused-ring (bicyclic) bond motifs is 1. The van der Waals surface area contributed by atoms with Crippen LogP contribution in [0.4, 0.5) is 9.39 Å². The van der Waals surface area contributed by atoms with Crippen LogP contribution in [-0.4, -0.2) is 23.6 Å². The Morgan fingerprint density at radius 2 is 2.11 bits per heavy atom. The zero-order valence-corrected chi connectivity index (χ0v) is 16.3. The fourth-order valence-electron chi connectivity index (χ4n) is 3.55. The van der Waals surface area contributed by atoms with Gasteiger partial charge >= 0.3 is 0 Å². The molecule has 0 fully saturated rings. The Morgan fingerprint density at radius 1 is 1.32 bits per heavy atom. The van der Waals surface area contributed by atoms with Gasteiger partial charge in [-0.25, -0.2) is 4.39 Å². The number of halogens is 2. The lowest BCUT2D eigenvalue weighted by molar-refractivity contribution is -0.125. The summed E-state index contributed by atoms with van der Waals surface area (Å²) in [6.07, 6.45) is 2.82. The molecule has 1 aromatic heterocycles. The van der Waals surface area contributed by atoms with Crippen molar-refractivity contribution in [3.05, 3.63) is 50.6 Å². The second-order valence-electron chi connectivity index (χ2n) is 6.70. The molecule has 2 amide bonds. The standard InChI is InChI=1S/C19H17ClFN3O3S/c20-10-5-3-6-11(21)16(10)12-8-13(27-24-12)18(26)23-19-15(17(22)25)9-4-1-2-7-14(9)28-19/h3,5-6,13H,1-2,4,7-8H2,(H2,22,25)(H,23,26)/t13-/m1/s1. The molecule has 4 rings (SSSR count). The van der Waals surface area contributed by atoms with Gasteiger partial charge < -0.3 is 15.9 Å². The van der Waals surface area contributed by atoms with Crippen molar-refractivity contribution in [2.75, 3.05) is 5.32 Å². The predicted molar refractivity (Wildman–Crippen MR) is 106 cm³/mol. The smallest absolute Gasteiger partial charge is 0.269 e. The number of nitrogens with two attached hydrogens (primary N) is 1. The van der Waals surface area contributed by atoms with Gasteiger partial charge in [-0.3, -0.25) is 9.59 Å². The molecule has 1 atom stereocenters. The van der Waals surface area contributed by atoms with E-state index in [1.807, 2.05) is 0 Å². The van der Waals surface area contributed by atoms with E-state index in [2.05, 4.69) is 10.5 Å². The Balaban J connectivity index is 1.52. The molecule has 2 aromatic rings. The predicted octanol–water partition coefficient (Wildman–Crippen LogP) is 3.65. The van der Waals surface area contributed by atoms with Gasteiger partial charge in [0, 0.05) is 11.3 Å². The second kappa shape index (κ2) is 7.52. The molecule has 1 aromatic carbocycles. The van der Waals surface area contributed by atoms with Crippen LogP contribution in [0.15, 0.2) is 23.4 Å². The van der Waals surface area contributed by atoms with Crippen LogP contribution in [0.1, 0.15) is 45.6 Å². The molecular formula is C19H17ClFN3O3S. The summed E-state index contributed by atoms with van der Waals surface area (Å²) in [7, 11) is 0. The van der Waals surface area contributed by atoms with Crippen molar-refractivity contribution in [3.8, 4) is 0 Å². The molecule has 1 aliphatic heterocycles. The van der Waals surface area contributed by atoms with Gasteiger partial charge in [0.15, 0.2) is 0 Å². The first-order chi connectivity index (χ1) is 13.5. The second-order valence-corrected chi connectivity index (χ2v) is 8.21. The molecule has 146 valence electrons. The number of nitrogens with zero attached hydrogens (tertiary/aromatic N) is 1. The first kappa shape index (κ1) is 18.9. The minimum Gasteiger partial charge on any atom is -0.382 e. The molecule has 0 saturated carbocycles. The minimum atomic E-state index is -0.939. The van der Waals surface area contributed by atoms with Gasteiger partial charge in [0.2, 0.25) is 6.10 Å². The summed E-state index contributed by atoms with van der Waals surface area (Å²) in [6, 6.07) is 4.31. The van der Waals surface area contributed by atoms with E-state index in [0.29, 0.717) is 10.6 Å². The van der Waals surface area contributed by atoms with Gasteiger partial charge in [0.1, 0.15) is 10.8 Å². The third-order valence-corrected chi connectivity index (χ3v) is 6.39. The van der Waals surface area contributed by atoms with Gasteiger partial charge in [-0.1, -0.05) is 22.8 Å². The van der Waals surface area contributed by atoms with Gasteiger partial charge in [0.25, 0.3) is 11.8 Å². The van der Waals surface area contributed by atoms with E-state index < -0.39 is 23.7 Å². The van der Waals surface area contributed by atoms with Crippen molar-refractivity contribution < 1.29 is 18.8 Å². The van der Waals surface area contributed by atoms with E-state index in [1.165, 1.54) is 23.5 Å². The summed E-state index contributed by atoms with van der Waals surface area (Å²) >= 11 is 7.43. The molecule has 3 N–H and O–H groups in total. The first-order valence-electron chi connectivity index (χ1n) is 8.88. The van der Waals surface area contributed by atoms with Crippen molar-refractivity contribution in [1.82, 2.24) is 0 Å². The number of primary amides is 1. The van der Waals surface area contributed by atoms with Gasteiger partial charge in [0.05, 0.1) is 21.9 Å². The highest BCUT2D eigenvalue weighted by molar-refractivity contribution is 7.17. The average Bonchev–Trinajstić information content (AvgIpc) is 3.26. The Labute approximate surface area is 169 Å². The number of amides is 2. The molecule has 9 heteroatoms. The molecule has 2 aliphatic rings. The number of benzene rings is 1. The number of thiophene rings is 1. The number of rotatable bonds is 4. The Hall–Kier alpha value is -2.45. The third-order valence-electron chi connectivity index (χ3n) is 4.87. The van der Waals surface area contributed by atoms with E-state index in [9.17, 15) is 14.0 Å². The summed E-state index contributed by atoms with van der Waals surface area (Å²) in [5, 5.41) is 7.22. The number of hydrogen-bond acceptors (Lipinski definition) is 5. The highest BCUT2D eigenvalue weighted by Gasteiger charge is 2.33. The fourth-order valence-corrected chi connectivity index (χ4v) is 5.12. The number of anilines is 1. The molecule has 0 bridgehead atoms. The van der Waals surface area contributed by atoms with E-state index in [-0.39, 0.29) is 22.7 Å². The van der Waals surface area contributed by atoms with Crippen LogP contribution >= 0.6 is 22.9 Å². The molecule has 0 saturated heterocycles. The Kier molecular flexibility index (Phi) is 5.07. The summed E-state index contributed by atoms with van der Waals surface area (Å²) in [5.74, 6) is -1.55. The number of carbonyl (C=O) groups is 2. The van der Waals surface area contributed by atoms with E-state index in [4.69, 9.17) is 22.2 Å². The van der Waals surface area contributed by atoms with E-state index in [0.717, 1.165) is 36.1 Å². The van der Waals surface area contributed by atoms with Crippen LogP contribution in [0.25, 0.3) is 0 Å². The lowest BCUT2D eigenvalue weighted by Crippen LogP contribution is -2.29. The van der Waals surface area contributed by atoms with Gasteiger partial charge in [-0.2, -0.15) is 0 Å². The van der Waals surface area contributed by atoms with Gasteiger partial charge in [-0.05, 0) is 43.4 Å². The van der Waals surface area contributed by atoms with E-state index >= 15 is 0 Å². The maximum atomic E-state index is 14.1. The number of aryl methyl sites for hydroxylation is 1. The molecule has 0 radical (unpaired) electrons. The highest BCUT2D eigenvalue weighted by Crippen LogP contribution is 2.38. The maximum absolute atomic E-state index is 14.1. The molecular weight excluding hydrogens is 405 g/mol. The van der Waals surface area contributed by atoms with Crippen molar-refractivity contribution >= 4 is 45.5 Å². The average molecular weight is 422 g/mol. The third kappa shape index (κ3) is 3.38. The lowest BCUT2D eigenvalue weighted by Gasteiger charge is -2.11. The summed E-state index contributed by atoms with van der Waals surface area (Å²) in [4.78, 5) is 30.9. The largest absolute Gasteiger partial charge is 0.382 e. The zero-order valence-electron chi connectivity index (χ0n) is 14.8. The summed E-state index contributed by atoms with van der Waals surface area (Å²) in [5.41, 5.74) is 7.26. The number of carbonyl (C=O) groups excluding carboxylic acids is 2. The normalized spacial score (nSPS) is 18.2. The quantitative estimate of drug-likeness (QED) is 0.788. The summed E-state index contributed by atoms with van der Waals surface area (Å²) < 4.78 is 14.1. The van der Waals surface area contributed by atoms with Crippen molar-refractivity contribution in [2.24, 2.45) is 10.9 Å². The minimum absolute atomic E-state index is 0.0729. The van der Waals surface area contributed by atoms with E-state index in [1.54, 1.807) is 6.07 Å². The number of oxime groups is 1. The molecule has 0 unspecified atom stereocenters. The van der Waals surface area contributed by atoms with Crippen LogP contribution in [-0.2, 0) is 22.5 Å². The molecule has 2 heterocycles. The first-order valence-corrected chi connectivity index (χ1v) is 10.1. The van der Waals surface area contributed by atoms with Crippen LogP contribution in [0, 0.1) is 5.82 Å². The highest BCUT2D eigenvalue weighted by atomic mass is 35.5. The molecule has 0 spiro atoms. The summed E-state index contributed by atoms with van der Waals surface area (Å²) in [6.45, 7) is 0. The Morgan fingerprint density at radius 3 is 2.86 bits per heavy atom. The van der Waals surface area contributed by atoms with Crippen LogP contribution < -0.4 is 11.1 Å². The van der Waals surface area contributed by atoms with Crippen molar-refractivity contribution in [1.29, 1.82) is 0 Å².